The van der Waals surface area contributed by atoms with Gasteiger partial charge in [0.2, 0.25) is 0 Å². The van der Waals surface area contributed by atoms with Crippen LogP contribution in [0.1, 0.15) is 16.1 Å². The molecule has 3 aromatic rings. The fraction of sp³-hybridized carbons (Fsp3) is 0.278. The number of fused-ring (bicyclic) bond motifs is 1. The molecule has 0 radical (unpaired) electrons. The van der Waals surface area contributed by atoms with Crippen LogP contribution in [0.5, 0.6) is 0 Å². The van der Waals surface area contributed by atoms with Crippen molar-refractivity contribution >= 4 is 27.5 Å². The Morgan fingerprint density at radius 1 is 1.21 bits per heavy atom. The number of ether oxygens (including phenoxy) is 1. The normalized spacial score (nSPS) is 15.1. The summed E-state index contributed by atoms with van der Waals surface area (Å²) in [6, 6.07) is 10.5. The monoisotopic (exact) mass is 344 g/mol. The zero-order valence-corrected chi connectivity index (χ0v) is 13.9. The highest BCUT2D eigenvalue weighted by atomic mass is 32.1. The van der Waals surface area contributed by atoms with Crippen molar-refractivity contribution in [3.63, 3.8) is 0 Å². The van der Waals surface area contributed by atoms with Crippen molar-refractivity contribution in [3.05, 3.63) is 58.9 Å². The molecule has 1 aliphatic rings. The van der Waals surface area contributed by atoms with Crippen LogP contribution in [-0.4, -0.2) is 41.7 Å². The molecular weight excluding hydrogens is 327 g/mol. The van der Waals surface area contributed by atoms with Crippen LogP contribution < -0.4 is 0 Å². The maximum absolute atomic E-state index is 13.5. The molecular formula is C18H17FN2O2S. The summed E-state index contributed by atoms with van der Waals surface area (Å²) in [7, 11) is 0. The molecule has 1 saturated heterocycles. The van der Waals surface area contributed by atoms with Crippen LogP contribution in [-0.2, 0) is 11.3 Å². The molecule has 1 fully saturated rings. The molecule has 124 valence electrons. The highest BCUT2D eigenvalue weighted by molar-refractivity contribution is 7.17. The van der Waals surface area contributed by atoms with Gasteiger partial charge in [-0.2, -0.15) is 0 Å². The van der Waals surface area contributed by atoms with Gasteiger partial charge < -0.3 is 14.2 Å². The van der Waals surface area contributed by atoms with Crippen LogP contribution in [0.4, 0.5) is 4.39 Å². The second-order valence-corrected chi connectivity index (χ2v) is 6.77. The summed E-state index contributed by atoms with van der Waals surface area (Å²) < 4.78 is 21.9. The number of hydrogen-bond acceptors (Lipinski definition) is 3. The Bertz CT molecular complexity index is 880. The zero-order valence-electron chi connectivity index (χ0n) is 13.1. The standard InChI is InChI=1S/C18H17FN2O2S/c19-14-3-1-2-13(10-14)12-21-15-4-9-24-17(15)11-16(21)18(22)20-5-7-23-8-6-20/h1-4,9-11H,5-8,12H2. The van der Waals surface area contributed by atoms with Crippen molar-refractivity contribution in [3.8, 4) is 0 Å². The van der Waals surface area contributed by atoms with Crippen LogP contribution >= 0.6 is 11.3 Å². The average Bonchev–Trinajstić information content (AvgIpc) is 3.18. The lowest BCUT2D eigenvalue weighted by molar-refractivity contribution is 0.0296. The molecule has 3 heterocycles. The maximum atomic E-state index is 13.5. The van der Waals surface area contributed by atoms with E-state index in [1.165, 1.54) is 12.1 Å². The average molecular weight is 344 g/mol. The summed E-state index contributed by atoms with van der Waals surface area (Å²) >= 11 is 1.61. The number of thiophene rings is 1. The maximum Gasteiger partial charge on any atom is 0.270 e. The van der Waals surface area contributed by atoms with E-state index < -0.39 is 0 Å². The zero-order chi connectivity index (χ0) is 16.5. The van der Waals surface area contributed by atoms with Crippen LogP contribution in [0.25, 0.3) is 10.2 Å². The first-order valence-corrected chi connectivity index (χ1v) is 8.78. The summed E-state index contributed by atoms with van der Waals surface area (Å²) in [5.74, 6) is -0.250. The van der Waals surface area contributed by atoms with Crippen LogP contribution in [0.2, 0.25) is 0 Å². The predicted molar refractivity (Wildman–Crippen MR) is 92.0 cm³/mol. The molecule has 0 atom stereocenters. The molecule has 0 spiro atoms. The fourth-order valence-corrected chi connectivity index (χ4v) is 3.89. The highest BCUT2D eigenvalue weighted by Gasteiger charge is 2.23. The Morgan fingerprint density at radius 2 is 2.04 bits per heavy atom. The van der Waals surface area contributed by atoms with Gasteiger partial charge in [-0.1, -0.05) is 12.1 Å². The molecule has 4 rings (SSSR count). The second kappa shape index (κ2) is 6.37. The molecule has 4 nitrogen and oxygen atoms in total. The Labute approximate surface area is 143 Å². The van der Waals surface area contributed by atoms with Crippen molar-refractivity contribution in [2.24, 2.45) is 0 Å². The van der Waals surface area contributed by atoms with Crippen molar-refractivity contribution < 1.29 is 13.9 Å². The van der Waals surface area contributed by atoms with E-state index in [0.29, 0.717) is 38.5 Å². The van der Waals surface area contributed by atoms with E-state index in [2.05, 4.69) is 0 Å². The van der Waals surface area contributed by atoms with Gasteiger partial charge in [0.05, 0.1) is 23.4 Å². The summed E-state index contributed by atoms with van der Waals surface area (Å²) in [6.07, 6.45) is 0. The molecule has 24 heavy (non-hydrogen) atoms. The van der Waals surface area contributed by atoms with E-state index in [-0.39, 0.29) is 11.7 Å². The summed E-state index contributed by atoms with van der Waals surface area (Å²) in [6.45, 7) is 2.84. The third-order valence-corrected chi connectivity index (χ3v) is 5.12. The van der Waals surface area contributed by atoms with Crippen LogP contribution in [0.15, 0.2) is 41.8 Å². The lowest BCUT2D eigenvalue weighted by atomic mass is 10.2. The summed E-state index contributed by atoms with van der Waals surface area (Å²) in [5, 5.41) is 2.01. The number of nitrogens with zero attached hydrogens (tertiary/aromatic N) is 2. The SMILES string of the molecule is O=C(c1cc2sccc2n1Cc1cccc(F)c1)N1CCOCC1. The Hall–Kier alpha value is -2.18. The van der Waals surface area contributed by atoms with E-state index in [1.54, 1.807) is 17.4 Å². The first kappa shape index (κ1) is 15.4. The van der Waals surface area contributed by atoms with Gasteiger partial charge in [0.1, 0.15) is 11.5 Å². The molecule has 6 heteroatoms. The van der Waals surface area contributed by atoms with Crippen molar-refractivity contribution in [1.29, 1.82) is 0 Å². The number of halogens is 1. The lowest BCUT2D eigenvalue weighted by Gasteiger charge is -2.27. The molecule has 0 saturated carbocycles. The number of amides is 1. The van der Waals surface area contributed by atoms with Crippen LogP contribution in [0.3, 0.4) is 0 Å². The number of carbonyl (C=O) groups excluding carboxylic acids is 1. The molecule has 2 aromatic heterocycles. The van der Waals surface area contributed by atoms with Gasteiger partial charge >= 0.3 is 0 Å². The molecule has 1 aromatic carbocycles. The summed E-state index contributed by atoms with van der Waals surface area (Å²) in [4.78, 5) is 14.7. The largest absolute Gasteiger partial charge is 0.378 e. The molecule has 1 amide bonds. The van der Waals surface area contributed by atoms with Crippen molar-refractivity contribution in [1.82, 2.24) is 9.47 Å². The number of aromatic nitrogens is 1. The summed E-state index contributed by atoms with van der Waals surface area (Å²) in [5.41, 5.74) is 2.51. The number of hydrogen-bond donors (Lipinski definition) is 0. The Morgan fingerprint density at radius 3 is 2.83 bits per heavy atom. The Kier molecular flexibility index (Phi) is 4.08. The lowest BCUT2D eigenvalue weighted by Crippen LogP contribution is -2.41. The minimum Gasteiger partial charge on any atom is -0.378 e. The minimum atomic E-state index is -0.262. The number of rotatable bonds is 3. The van der Waals surface area contributed by atoms with Crippen molar-refractivity contribution in [2.75, 3.05) is 26.3 Å². The van der Waals surface area contributed by atoms with Gasteiger partial charge in [0.25, 0.3) is 5.91 Å². The molecule has 1 aliphatic heterocycles. The number of benzene rings is 1. The quantitative estimate of drug-likeness (QED) is 0.730. The topological polar surface area (TPSA) is 34.5 Å². The van der Waals surface area contributed by atoms with Gasteiger partial charge in [0.15, 0.2) is 0 Å². The van der Waals surface area contributed by atoms with Gasteiger partial charge in [0, 0.05) is 19.6 Å². The fourth-order valence-electron chi connectivity index (χ4n) is 3.07. The van der Waals surface area contributed by atoms with Crippen molar-refractivity contribution in [2.45, 2.75) is 6.54 Å². The van der Waals surface area contributed by atoms with Gasteiger partial charge in [-0.25, -0.2) is 4.39 Å². The van der Waals surface area contributed by atoms with E-state index in [9.17, 15) is 9.18 Å². The predicted octanol–water partition coefficient (Wildman–Crippen LogP) is 3.36. The third-order valence-electron chi connectivity index (χ3n) is 4.27. The molecule has 0 aliphatic carbocycles. The van der Waals surface area contributed by atoms with E-state index >= 15 is 0 Å². The molecule has 0 N–H and O–H groups in total. The van der Waals surface area contributed by atoms with Gasteiger partial charge in [-0.05, 0) is 35.2 Å². The first-order valence-electron chi connectivity index (χ1n) is 7.90. The van der Waals surface area contributed by atoms with E-state index in [1.807, 2.05) is 33.0 Å². The smallest absolute Gasteiger partial charge is 0.270 e. The molecule has 0 bridgehead atoms. The number of carbonyl (C=O) groups is 1. The molecule has 0 unspecified atom stereocenters. The Balaban J connectivity index is 1.72. The highest BCUT2D eigenvalue weighted by Crippen LogP contribution is 2.27. The van der Waals surface area contributed by atoms with Crippen LogP contribution in [0, 0.1) is 5.82 Å². The first-order chi connectivity index (χ1) is 11.7. The third kappa shape index (κ3) is 2.83. The minimum absolute atomic E-state index is 0.0121. The second-order valence-electron chi connectivity index (χ2n) is 5.82. The van der Waals surface area contributed by atoms with E-state index in [4.69, 9.17) is 4.74 Å². The van der Waals surface area contributed by atoms with Gasteiger partial charge in [-0.15, -0.1) is 11.3 Å². The van der Waals surface area contributed by atoms with E-state index in [0.717, 1.165) is 15.8 Å². The van der Waals surface area contributed by atoms with Gasteiger partial charge in [-0.3, -0.25) is 4.79 Å². The number of morpholine rings is 1.